The van der Waals surface area contributed by atoms with Gasteiger partial charge >= 0.3 is 0 Å². The van der Waals surface area contributed by atoms with Gasteiger partial charge in [-0.2, -0.15) is 0 Å². The van der Waals surface area contributed by atoms with Crippen LogP contribution in [-0.4, -0.2) is 31.0 Å². The maximum absolute atomic E-state index is 11.8. The number of carbonyl (C=O) groups is 2. The molecule has 2 amide bonds. The van der Waals surface area contributed by atoms with Crippen LogP contribution in [0.3, 0.4) is 0 Å². The van der Waals surface area contributed by atoms with E-state index in [9.17, 15) is 9.59 Å². The van der Waals surface area contributed by atoms with Crippen LogP contribution in [0, 0.1) is 12.8 Å². The molecule has 0 aliphatic rings. The van der Waals surface area contributed by atoms with Crippen LogP contribution in [0.25, 0.3) is 0 Å². The lowest BCUT2D eigenvalue weighted by Crippen LogP contribution is -2.47. The summed E-state index contributed by atoms with van der Waals surface area (Å²) in [4.78, 5) is 23.5. The fourth-order valence-electron chi connectivity index (χ4n) is 1.94. The van der Waals surface area contributed by atoms with Crippen molar-refractivity contribution in [2.24, 2.45) is 11.7 Å². The van der Waals surface area contributed by atoms with E-state index in [-0.39, 0.29) is 24.3 Å². The van der Waals surface area contributed by atoms with Crippen LogP contribution in [0.4, 0.5) is 0 Å². The average molecular weight is 321 g/mol. The number of nitrogens with two attached hydrogens (primary N) is 1. The standard InChI is InChI=1S/C17H27N3O3/c1-5-23-14-8-12(4)6-7-13(14)9-19-15(21)10-20-17(22)16(18)11(2)3/h6-8,11,16H,5,9-10,18H2,1-4H3,(H,19,21)(H,20,22)/t16-/m0/s1. The highest BCUT2D eigenvalue weighted by Gasteiger charge is 2.17. The van der Waals surface area contributed by atoms with Gasteiger partial charge < -0.3 is 21.1 Å². The van der Waals surface area contributed by atoms with E-state index in [4.69, 9.17) is 10.5 Å². The Morgan fingerprint density at radius 2 is 1.96 bits per heavy atom. The Hall–Kier alpha value is -2.08. The molecule has 0 heterocycles. The third kappa shape index (κ3) is 6.28. The van der Waals surface area contributed by atoms with E-state index in [0.717, 1.165) is 16.9 Å². The number of ether oxygens (including phenoxy) is 1. The van der Waals surface area contributed by atoms with Crippen LogP contribution < -0.4 is 21.1 Å². The number of benzene rings is 1. The van der Waals surface area contributed by atoms with Crippen molar-refractivity contribution in [3.05, 3.63) is 29.3 Å². The smallest absolute Gasteiger partial charge is 0.239 e. The van der Waals surface area contributed by atoms with E-state index in [1.54, 1.807) is 0 Å². The second kappa shape index (κ2) is 9.15. The molecule has 1 rings (SSSR count). The van der Waals surface area contributed by atoms with Gasteiger partial charge in [0.05, 0.1) is 19.2 Å². The van der Waals surface area contributed by atoms with Crippen molar-refractivity contribution in [1.82, 2.24) is 10.6 Å². The van der Waals surface area contributed by atoms with E-state index < -0.39 is 6.04 Å². The van der Waals surface area contributed by atoms with E-state index in [1.165, 1.54) is 0 Å². The van der Waals surface area contributed by atoms with Gasteiger partial charge in [0, 0.05) is 12.1 Å². The third-order valence-electron chi connectivity index (χ3n) is 3.44. The highest BCUT2D eigenvalue weighted by Crippen LogP contribution is 2.20. The van der Waals surface area contributed by atoms with E-state index in [0.29, 0.717) is 13.2 Å². The van der Waals surface area contributed by atoms with Gasteiger partial charge in [-0.3, -0.25) is 9.59 Å². The lowest BCUT2D eigenvalue weighted by atomic mass is 10.1. The molecule has 0 fully saturated rings. The Kier molecular flexibility index (Phi) is 7.54. The van der Waals surface area contributed by atoms with Gasteiger partial charge in [-0.15, -0.1) is 0 Å². The molecule has 0 aromatic heterocycles. The first-order valence-electron chi connectivity index (χ1n) is 7.87. The van der Waals surface area contributed by atoms with Crippen LogP contribution in [0.5, 0.6) is 5.75 Å². The van der Waals surface area contributed by atoms with Crippen molar-refractivity contribution in [2.45, 2.75) is 40.3 Å². The molecule has 0 aliphatic carbocycles. The Morgan fingerprint density at radius 3 is 2.57 bits per heavy atom. The molecule has 0 bridgehead atoms. The zero-order valence-corrected chi connectivity index (χ0v) is 14.3. The summed E-state index contributed by atoms with van der Waals surface area (Å²) in [7, 11) is 0. The number of hydrogen-bond acceptors (Lipinski definition) is 4. The molecule has 6 nitrogen and oxygen atoms in total. The molecule has 0 saturated carbocycles. The summed E-state index contributed by atoms with van der Waals surface area (Å²) in [5.41, 5.74) is 7.71. The quantitative estimate of drug-likeness (QED) is 0.668. The Morgan fingerprint density at radius 1 is 1.26 bits per heavy atom. The molecule has 6 heteroatoms. The van der Waals surface area contributed by atoms with E-state index >= 15 is 0 Å². The first kappa shape index (κ1) is 19.0. The maximum atomic E-state index is 11.8. The first-order chi connectivity index (χ1) is 10.8. The number of hydrogen-bond donors (Lipinski definition) is 3. The Labute approximate surface area is 137 Å². The number of rotatable bonds is 8. The maximum Gasteiger partial charge on any atom is 0.239 e. The SMILES string of the molecule is CCOc1cc(C)ccc1CNC(=O)CNC(=O)[C@@H](N)C(C)C. The van der Waals surface area contributed by atoms with Crippen molar-refractivity contribution in [3.63, 3.8) is 0 Å². The molecule has 128 valence electrons. The Bertz CT molecular complexity index is 544. The van der Waals surface area contributed by atoms with Gasteiger partial charge in [0.2, 0.25) is 11.8 Å². The summed E-state index contributed by atoms with van der Waals surface area (Å²) >= 11 is 0. The molecule has 1 aromatic rings. The lowest BCUT2D eigenvalue weighted by molar-refractivity contribution is -0.127. The minimum Gasteiger partial charge on any atom is -0.494 e. The third-order valence-corrected chi connectivity index (χ3v) is 3.44. The number of amides is 2. The molecule has 0 aliphatic heterocycles. The summed E-state index contributed by atoms with van der Waals surface area (Å²) in [6.07, 6.45) is 0. The van der Waals surface area contributed by atoms with Crippen LogP contribution >= 0.6 is 0 Å². The van der Waals surface area contributed by atoms with Crippen LogP contribution in [-0.2, 0) is 16.1 Å². The van der Waals surface area contributed by atoms with E-state index in [1.807, 2.05) is 45.9 Å². The average Bonchev–Trinajstić information content (AvgIpc) is 2.51. The second-order valence-electron chi connectivity index (χ2n) is 5.81. The van der Waals surface area contributed by atoms with Gasteiger partial charge in [0.1, 0.15) is 5.75 Å². The molecule has 1 aromatic carbocycles. The van der Waals surface area contributed by atoms with Gasteiger partial charge in [-0.05, 0) is 31.4 Å². The Balaban J connectivity index is 2.49. The fourth-order valence-corrected chi connectivity index (χ4v) is 1.94. The fraction of sp³-hybridized carbons (Fsp3) is 0.529. The topological polar surface area (TPSA) is 93.5 Å². The molecule has 1 atom stereocenters. The molecular weight excluding hydrogens is 294 g/mol. The minimum absolute atomic E-state index is 0.0272. The van der Waals surface area contributed by atoms with E-state index in [2.05, 4.69) is 10.6 Å². The summed E-state index contributed by atoms with van der Waals surface area (Å²) in [6.45, 7) is 8.44. The molecule has 0 unspecified atom stereocenters. The van der Waals surface area contributed by atoms with Crippen LogP contribution in [0.1, 0.15) is 31.9 Å². The highest BCUT2D eigenvalue weighted by atomic mass is 16.5. The van der Waals surface area contributed by atoms with Crippen molar-refractivity contribution < 1.29 is 14.3 Å². The largest absolute Gasteiger partial charge is 0.494 e. The summed E-state index contributed by atoms with van der Waals surface area (Å²) < 4.78 is 5.57. The minimum atomic E-state index is -0.607. The predicted octanol–water partition coefficient (Wildman–Crippen LogP) is 1.11. The zero-order valence-electron chi connectivity index (χ0n) is 14.3. The molecule has 4 N–H and O–H groups in total. The number of carbonyl (C=O) groups excluding carboxylic acids is 2. The van der Waals surface area contributed by atoms with Gasteiger partial charge in [-0.1, -0.05) is 26.0 Å². The molecule has 23 heavy (non-hydrogen) atoms. The molecule has 0 spiro atoms. The summed E-state index contributed by atoms with van der Waals surface area (Å²) in [5, 5.41) is 5.31. The summed E-state index contributed by atoms with van der Waals surface area (Å²) in [5.74, 6) is 0.204. The summed E-state index contributed by atoms with van der Waals surface area (Å²) in [6, 6.07) is 5.22. The highest BCUT2D eigenvalue weighted by molar-refractivity contribution is 5.87. The van der Waals surface area contributed by atoms with Gasteiger partial charge in [0.25, 0.3) is 0 Å². The normalized spacial score (nSPS) is 11.9. The number of nitrogens with one attached hydrogen (secondary N) is 2. The van der Waals surface area contributed by atoms with Crippen molar-refractivity contribution >= 4 is 11.8 Å². The van der Waals surface area contributed by atoms with Crippen LogP contribution in [0.2, 0.25) is 0 Å². The number of aryl methyl sites for hydroxylation is 1. The van der Waals surface area contributed by atoms with Gasteiger partial charge in [-0.25, -0.2) is 0 Å². The lowest BCUT2D eigenvalue weighted by Gasteiger charge is -2.15. The van der Waals surface area contributed by atoms with Crippen LogP contribution in [0.15, 0.2) is 18.2 Å². The van der Waals surface area contributed by atoms with Crippen molar-refractivity contribution in [2.75, 3.05) is 13.2 Å². The van der Waals surface area contributed by atoms with Gasteiger partial charge in [0.15, 0.2) is 0 Å². The van der Waals surface area contributed by atoms with Crippen molar-refractivity contribution in [3.8, 4) is 5.75 Å². The molecule has 0 saturated heterocycles. The first-order valence-corrected chi connectivity index (χ1v) is 7.87. The predicted molar refractivity (Wildman–Crippen MR) is 90.0 cm³/mol. The molecule has 0 radical (unpaired) electrons. The zero-order chi connectivity index (χ0) is 17.4. The van der Waals surface area contributed by atoms with Crippen molar-refractivity contribution in [1.29, 1.82) is 0 Å². The molecular formula is C17H27N3O3. The second-order valence-corrected chi connectivity index (χ2v) is 5.81. The monoisotopic (exact) mass is 321 g/mol.